The van der Waals surface area contributed by atoms with Gasteiger partial charge < -0.3 is 5.73 Å². The fourth-order valence-corrected chi connectivity index (χ4v) is 3.66. The lowest BCUT2D eigenvalue weighted by molar-refractivity contribution is 0.838. The van der Waals surface area contributed by atoms with Crippen molar-refractivity contribution in [2.75, 3.05) is 5.73 Å². The van der Waals surface area contributed by atoms with Gasteiger partial charge in [0.2, 0.25) is 0 Å². The van der Waals surface area contributed by atoms with Crippen LogP contribution < -0.4 is 5.73 Å². The van der Waals surface area contributed by atoms with Gasteiger partial charge in [0, 0.05) is 14.7 Å². The first-order chi connectivity index (χ1) is 9.38. The minimum absolute atomic E-state index is 0.473. The molecule has 0 aliphatic heterocycles. The lowest BCUT2D eigenvalue weighted by Crippen LogP contribution is -1.99. The summed E-state index contributed by atoms with van der Waals surface area (Å²) in [4.78, 5) is 10.6. The summed E-state index contributed by atoms with van der Waals surface area (Å²) in [7, 11) is 0. The van der Waals surface area contributed by atoms with E-state index in [-0.39, 0.29) is 0 Å². The molecule has 0 bridgehead atoms. The van der Waals surface area contributed by atoms with E-state index in [1.165, 1.54) is 19.6 Å². The fourth-order valence-electron chi connectivity index (χ4n) is 1.90. The second kappa shape index (κ2) is 6.30. The van der Waals surface area contributed by atoms with Crippen LogP contribution in [-0.2, 0) is 0 Å². The Morgan fingerprint density at radius 1 is 1.20 bits per heavy atom. The molecular formula is C15H18IN3S. The molecule has 0 aliphatic rings. The predicted octanol–water partition coefficient (Wildman–Crippen LogP) is 4.55. The van der Waals surface area contributed by atoms with E-state index in [0.29, 0.717) is 17.6 Å². The number of aromatic nitrogens is 2. The zero-order valence-corrected chi connectivity index (χ0v) is 15.0. The summed E-state index contributed by atoms with van der Waals surface area (Å²) in [6, 6.07) is 4.48. The molecular weight excluding hydrogens is 381 g/mol. The van der Waals surface area contributed by atoms with Crippen LogP contribution in [0.5, 0.6) is 0 Å². The number of hydrogen-bond donors (Lipinski definition) is 1. The Bertz CT molecular complexity index is 641. The number of benzene rings is 1. The number of nitrogens with two attached hydrogens (primary N) is 1. The van der Waals surface area contributed by atoms with Gasteiger partial charge in [-0.15, -0.1) is 0 Å². The lowest BCUT2D eigenvalue weighted by atomic mass is 10.0. The Kier molecular flexibility index (Phi) is 4.90. The monoisotopic (exact) mass is 399 g/mol. The van der Waals surface area contributed by atoms with Gasteiger partial charge in [-0.3, -0.25) is 0 Å². The third kappa shape index (κ3) is 3.44. The normalized spacial score (nSPS) is 11.1. The van der Waals surface area contributed by atoms with E-state index in [0.717, 1.165) is 4.90 Å². The van der Waals surface area contributed by atoms with Crippen molar-refractivity contribution >= 4 is 40.2 Å². The van der Waals surface area contributed by atoms with E-state index in [4.69, 9.17) is 5.73 Å². The summed E-state index contributed by atoms with van der Waals surface area (Å²) in [6.07, 6.45) is 1.80. The van der Waals surface area contributed by atoms with E-state index < -0.39 is 0 Å². The summed E-state index contributed by atoms with van der Waals surface area (Å²) in [6.45, 7) is 8.41. The van der Waals surface area contributed by atoms with Crippen molar-refractivity contribution < 1.29 is 0 Å². The molecule has 20 heavy (non-hydrogen) atoms. The van der Waals surface area contributed by atoms with Crippen LogP contribution in [0.3, 0.4) is 0 Å². The molecule has 0 unspecified atom stereocenters. The molecule has 0 spiro atoms. The zero-order valence-electron chi connectivity index (χ0n) is 12.1. The highest BCUT2D eigenvalue weighted by Gasteiger charge is 2.13. The van der Waals surface area contributed by atoms with E-state index in [2.05, 4.69) is 65.5 Å². The van der Waals surface area contributed by atoms with Crippen LogP contribution in [0.1, 0.15) is 36.7 Å². The number of aryl methyl sites for hydroxylation is 2. The molecule has 2 N–H and O–H groups in total. The molecule has 2 aromatic rings. The minimum atomic E-state index is 0.473. The molecule has 3 nitrogen and oxygen atoms in total. The molecule has 2 rings (SSSR count). The maximum atomic E-state index is 5.99. The average Bonchev–Trinajstić information content (AvgIpc) is 2.36. The van der Waals surface area contributed by atoms with E-state index in [1.54, 1.807) is 18.0 Å². The lowest BCUT2D eigenvalue weighted by Gasteiger charge is -2.15. The van der Waals surface area contributed by atoms with Crippen LogP contribution in [-0.4, -0.2) is 9.97 Å². The van der Waals surface area contributed by atoms with Gasteiger partial charge in [-0.1, -0.05) is 31.7 Å². The average molecular weight is 399 g/mol. The highest BCUT2D eigenvalue weighted by atomic mass is 127. The van der Waals surface area contributed by atoms with Crippen LogP contribution in [0, 0.1) is 17.4 Å². The third-order valence-corrected chi connectivity index (χ3v) is 5.31. The van der Waals surface area contributed by atoms with Crippen molar-refractivity contribution in [1.82, 2.24) is 9.97 Å². The molecule has 1 aromatic carbocycles. The van der Waals surface area contributed by atoms with Crippen molar-refractivity contribution in [2.45, 2.75) is 43.4 Å². The van der Waals surface area contributed by atoms with Crippen molar-refractivity contribution in [3.8, 4) is 0 Å². The van der Waals surface area contributed by atoms with E-state index >= 15 is 0 Å². The molecule has 5 heteroatoms. The molecule has 0 saturated heterocycles. The number of nitrogens with zero attached hydrogens (tertiary/aromatic N) is 2. The van der Waals surface area contributed by atoms with Gasteiger partial charge in [-0.2, -0.15) is 0 Å². The van der Waals surface area contributed by atoms with Crippen molar-refractivity contribution in [3.05, 3.63) is 38.9 Å². The van der Waals surface area contributed by atoms with Crippen molar-refractivity contribution in [1.29, 1.82) is 0 Å². The molecule has 106 valence electrons. The first-order valence-corrected chi connectivity index (χ1v) is 8.35. The van der Waals surface area contributed by atoms with Gasteiger partial charge >= 0.3 is 0 Å². The summed E-state index contributed by atoms with van der Waals surface area (Å²) in [5.74, 6) is 1.73. The Morgan fingerprint density at radius 3 is 2.50 bits per heavy atom. The van der Waals surface area contributed by atoms with Crippen LogP contribution in [0.4, 0.5) is 5.82 Å². The summed E-state index contributed by atoms with van der Waals surface area (Å²) >= 11 is 4.02. The van der Waals surface area contributed by atoms with Gasteiger partial charge in [0.25, 0.3) is 0 Å². The Labute approximate surface area is 137 Å². The van der Waals surface area contributed by atoms with Gasteiger partial charge in [0.1, 0.15) is 11.6 Å². The smallest absolute Gasteiger partial charge is 0.141 e. The Balaban J connectivity index is 2.44. The van der Waals surface area contributed by atoms with E-state index in [9.17, 15) is 0 Å². The summed E-state index contributed by atoms with van der Waals surface area (Å²) < 4.78 is 1.26. The number of nitrogen functional groups attached to an aromatic ring is 1. The molecule has 1 aromatic heterocycles. The van der Waals surface area contributed by atoms with Crippen LogP contribution in [0.15, 0.2) is 28.1 Å². The summed E-state index contributed by atoms with van der Waals surface area (Å²) in [5.41, 5.74) is 8.64. The first-order valence-electron chi connectivity index (χ1n) is 6.45. The van der Waals surface area contributed by atoms with Gasteiger partial charge in [0.05, 0.1) is 4.90 Å². The molecule has 0 fully saturated rings. The maximum absolute atomic E-state index is 5.99. The summed E-state index contributed by atoms with van der Waals surface area (Å²) in [5, 5.41) is 0. The van der Waals surface area contributed by atoms with Crippen LogP contribution in [0.25, 0.3) is 0 Å². The Hall–Kier alpha value is -0.820. The predicted molar refractivity (Wildman–Crippen MR) is 93.3 cm³/mol. The van der Waals surface area contributed by atoms with Crippen LogP contribution in [0.2, 0.25) is 0 Å². The molecule has 0 atom stereocenters. The number of rotatable bonds is 3. The highest BCUT2D eigenvalue weighted by Crippen LogP contribution is 2.37. The third-order valence-electron chi connectivity index (χ3n) is 3.04. The molecule has 1 heterocycles. The standard InChI is InChI=1S/C15H18IN3S/c1-8(2)11-5-9(3)12(16)6-13(11)20-14-7-18-10(4)19-15(14)17/h5-8H,1-4H3,(H2,17,18,19). The van der Waals surface area contributed by atoms with Gasteiger partial charge in [-0.25, -0.2) is 9.97 Å². The van der Waals surface area contributed by atoms with Crippen LogP contribution >= 0.6 is 34.4 Å². The fraction of sp³-hybridized carbons (Fsp3) is 0.333. The SMILES string of the molecule is Cc1ncc(Sc2cc(I)c(C)cc2C(C)C)c(N)n1. The van der Waals surface area contributed by atoms with Crippen molar-refractivity contribution in [3.63, 3.8) is 0 Å². The van der Waals surface area contributed by atoms with Crippen molar-refractivity contribution in [2.24, 2.45) is 0 Å². The molecule has 0 aliphatic carbocycles. The van der Waals surface area contributed by atoms with E-state index in [1.807, 2.05) is 6.92 Å². The first kappa shape index (κ1) is 15.6. The molecule has 0 saturated carbocycles. The topological polar surface area (TPSA) is 51.8 Å². The van der Waals surface area contributed by atoms with Gasteiger partial charge in [-0.05, 0) is 59.5 Å². The zero-order chi connectivity index (χ0) is 14.9. The largest absolute Gasteiger partial charge is 0.383 e. The number of hydrogen-bond acceptors (Lipinski definition) is 4. The second-order valence-electron chi connectivity index (χ2n) is 5.06. The quantitative estimate of drug-likeness (QED) is 0.770. The van der Waals surface area contributed by atoms with Gasteiger partial charge in [0.15, 0.2) is 0 Å². The Morgan fingerprint density at radius 2 is 1.90 bits per heavy atom. The molecule has 0 amide bonds. The molecule has 0 radical (unpaired) electrons. The number of anilines is 1. The number of halogens is 1. The maximum Gasteiger partial charge on any atom is 0.141 e. The second-order valence-corrected chi connectivity index (χ2v) is 7.31. The minimum Gasteiger partial charge on any atom is -0.383 e. The highest BCUT2D eigenvalue weighted by molar-refractivity contribution is 14.1.